The summed E-state index contributed by atoms with van der Waals surface area (Å²) in [5.74, 6) is -0.309. The summed E-state index contributed by atoms with van der Waals surface area (Å²) in [4.78, 5) is 10.7. The van der Waals surface area contributed by atoms with Gasteiger partial charge in [-0.2, -0.15) is 0 Å². The van der Waals surface area contributed by atoms with E-state index >= 15 is 0 Å². The number of unbranched alkanes of at least 4 members (excludes halogenated alkanes) is 1. The predicted octanol–water partition coefficient (Wildman–Crippen LogP) is 2.06. The van der Waals surface area contributed by atoms with Crippen molar-refractivity contribution in [2.75, 3.05) is 6.61 Å². The highest BCUT2D eigenvalue weighted by Gasteiger charge is 1.92. The van der Waals surface area contributed by atoms with E-state index in [9.17, 15) is 4.79 Å². The quantitative estimate of drug-likeness (QED) is 0.268. The second kappa shape index (κ2) is 7.10. The predicted molar refractivity (Wildman–Crippen MR) is 44.2 cm³/mol. The van der Waals surface area contributed by atoms with Crippen LogP contribution in [0.5, 0.6) is 0 Å². The molecule has 0 amide bonds. The van der Waals surface area contributed by atoms with Gasteiger partial charge >= 0.3 is 5.97 Å². The van der Waals surface area contributed by atoms with Crippen LogP contribution in [0.4, 0.5) is 0 Å². The molecule has 0 saturated heterocycles. The van der Waals surface area contributed by atoms with Crippen LogP contribution < -0.4 is 0 Å². The summed E-state index contributed by atoms with van der Waals surface area (Å²) >= 11 is 0. The molecule has 0 fully saturated rings. The van der Waals surface area contributed by atoms with Gasteiger partial charge in [-0.15, -0.1) is 5.73 Å². The van der Waals surface area contributed by atoms with Gasteiger partial charge in [-0.25, -0.2) is 4.79 Å². The summed E-state index contributed by atoms with van der Waals surface area (Å²) in [7, 11) is 0. The Morgan fingerprint density at radius 3 is 2.91 bits per heavy atom. The van der Waals surface area contributed by atoms with Crippen molar-refractivity contribution in [3.05, 3.63) is 17.9 Å². The van der Waals surface area contributed by atoms with Crippen molar-refractivity contribution in [1.82, 2.24) is 0 Å². The number of ether oxygens (including phenoxy) is 1. The average molecular weight is 154 g/mol. The van der Waals surface area contributed by atoms with E-state index in [1.807, 2.05) is 0 Å². The van der Waals surface area contributed by atoms with E-state index in [4.69, 9.17) is 4.74 Å². The molecule has 0 saturated carbocycles. The molecule has 0 unspecified atom stereocenters. The smallest absolute Gasteiger partial charge is 0.338 e. The van der Waals surface area contributed by atoms with Crippen LogP contribution in [0.3, 0.4) is 0 Å². The first kappa shape index (κ1) is 9.99. The van der Waals surface area contributed by atoms with Crippen LogP contribution in [-0.4, -0.2) is 12.6 Å². The van der Waals surface area contributed by atoms with Gasteiger partial charge in [-0.1, -0.05) is 13.3 Å². The van der Waals surface area contributed by atoms with E-state index in [0.29, 0.717) is 6.61 Å². The van der Waals surface area contributed by atoms with Gasteiger partial charge in [0.15, 0.2) is 0 Å². The first-order valence-electron chi connectivity index (χ1n) is 3.85. The molecular weight excluding hydrogens is 140 g/mol. The van der Waals surface area contributed by atoms with Gasteiger partial charge in [0.05, 0.1) is 12.7 Å². The molecule has 11 heavy (non-hydrogen) atoms. The molecule has 2 nitrogen and oxygen atoms in total. The molecule has 0 aromatic carbocycles. The zero-order valence-corrected chi connectivity index (χ0v) is 7.09. The van der Waals surface area contributed by atoms with Crippen LogP contribution in [-0.2, 0) is 9.53 Å². The largest absolute Gasteiger partial charge is 0.462 e. The Morgan fingerprint density at radius 2 is 2.36 bits per heavy atom. The molecular formula is C9H14O2. The summed E-state index contributed by atoms with van der Waals surface area (Å²) in [6, 6.07) is 0. The van der Waals surface area contributed by atoms with Crippen molar-refractivity contribution in [3.8, 4) is 0 Å². The minimum Gasteiger partial charge on any atom is -0.462 e. The third-order valence-electron chi connectivity index (χ3n) is 1.11. The van der Waals surface area contributed by atoms with Crippen molar-refractivity contribution >= 4 is 5.97 Å². The zero-order valence-electron chi connectivity index (χ0n) is 7.09. The SMILES string of the molecule is CC=C=CC(=O)OCCCC. The maximum absolute atomic E-state index is 10.7. The van der Waals surface area contributed by atoms with Gasteiger partial charge in [-0.05, 0) is 19.4 Å². The molecule has 0 bridgehead atoms. The standard InChI is InChI=1S/C9H14O2/c1-3-5-7-9(10)11-8-6-4-2/h3,7H,4,6,8H2,1-2H3. The van der Waals surface area contributed by atoms with Crippen LogP contribution in [0.1, 0.15) is 26.7 Å². The van der Waals surface area contributed by atoms with Gasteiger partial charge in [0.1, 0.15) is 0 Å². The van der Waals surface area contributed by atoms with Crippen LogP contribution in [0.25, 0.3) is 0 Å². The van der Waals surface area contributed by atoms with E-state index in [0.717, 1.165) is 12.8 Å². The molecule has 0 N–H and O–H groups in total. The fourth-order valence-corrected chi connectivity index (χ4v) is 0.510. The van der Waals surface area contributed by atoms with Crippen LogP contribution in [0.15, 0.2) is 17.9 Å². The topological polar surface area (TPSA) is 26.3 Å². The molecule has 2 heteroatoms. The Kier molecular flexibility index (Phi) is 6.45. The Bertz CT molecular complexity index is 164. The third kappa shape index (κ3) is 6.88. The molecule has 0 aliphatic heterocycles. The van der Waals surface area contributed by atoms with Crippen molar-refractivity contribution in [2.24, 2.45) is 0 Å². The van der Waals surface area contributed by atoms with Gasteiger partial charge in [0.25, 0.3) is 0 Å². The summed E-state index contributed by atoms with van der Waals surface area (Å²) in [6.07, 6.45) is 4.94. The maximum atomic E-state index is 10.7. The van der Waals surface area contributed by atoms with Gasteiger partial charge in [-0.3, -0.25) is 0 Å². The van der Waals surface area contributed by atoms with E-state index < -0.39 is 0 Å². The lowest BCUT2D eigenvalue weighted by molar-refractivity contribution is -0.137. The molecule has 0 rings (SSSR count). The number of esters is 1. The van der Waals surface area contributed by atoms with E-state index in [-0.39, 0.29) is 5.97 Å². The molecule has 0 aliphatic rings. The molecule has 0 heterocycles. The highest BCUT2D eigenvalue weighted by molar-refractivity contribution is 5.81. The van der Waals surface area contributed by atoms with Gasteiger partial charge in [0, 0.05) is 0 Å². The molecule has 62 valence electrons. The fraction of sp³-hybridized carbons (Fsp3) is 0.556. The maximum Gasteiger partial charge on any atom is 0.338 e. The summed E-state index contributed by atoms with van der Waals surface area (Å²) in [6.45, 7) is 4.36. The molecule has 0 aliphatic carbocycles. The lowest BCUT2D eigenvalue weighted by Gasteiger charge is -1.97. The first-order valence-corrected chi connectivity index (χ1v) is 3.85. The summed E-state index contributed by atoms with van der Waals surface area (Å²) in [5.41, 5.74) is 2.65. The highest BCUT2D eigenvalue weighted by Crippen LogP contribution is 1.88. The second-order valence-electron chi connectivity index (χ2n) is 2.12. The number of carbonyl (C=O) groups is 1. The molecule has 0 radical (unpaired) electrons. The first-order chi connectivity index (χ1) is 5.31. The monoisotopic (exact) mass is 154 g/mol. The fourth-order valence-electron chi connectivity index (χ4n) is 0.510. The lowest BCUT2D eigenvalue weighted by atomic mass is 10.4. The number of rotatable bonds is 4. The third-order valence-corrected chi connectivity index (χ3v) is 1.11. The average Bonchev–Trinajstić information content (AvgIpc) is 2.01. The normalized spacial score (nSPS) is 8.18. The number of hydrogen-bond donors (Lipinski definition) is 0. The van der Waals surface area contributed by atoms with E-state index in [1.54, 1.807) is 13.0 Å². The van der Waals surface area contributed by atoms with Gasteiger partial charge < -0.3 is 4.74 Å². The van der Waals surface area contributed by atoms with Crippen LogP contribution in [0, 0.1) is 0 Å². The van der Waals surface area contributed by atoms with Crippen molar-refractivity contribution < 1.29 is 9.53 Å². The van der Waals surface area contributed by atoms with E-state index in [1.165, 1.54) is 6.08 Å². The summed E-state index contributed by atoms with van der Waals surface area (Å²) in [5, 5.41) is 0. The second-order valence-corrected chi connectivity index (χ2v) is 2.12. The lowest BCUT2D eigenvalue weighted by Crippen LogP contribution is -2.01. The molecule has 0 atom stereocenters. The van der Waals surface area contributed by atoms with Crippen molar-refractivity contribution in [2.45, 2.75) is 26.7 Å². The zero-order chi connectivity index (χ0) is 8.53. The number of hydrogen-bond acceptors (Lipinski definition) is 2. The molecule has 0 aromatic heterocycles. The molecule has 0 aromatic rings. The Labute approximate surface area is 67.6 Å². The van der Waals surface area contributed by atoms with Gasteiger partial charge in [0.2, 0.25) is 0 Å². The van der Waals surface area contributed by atoms with E-state index in [2.05, 4.69) is 12.7 Å². The van der Waals surface area contributed by atoms with Crippen molar-refractivity contribution in [3.63, 3.8) is 0 Å². The Hall–Kier alpha value is -1.01. The van der Waals surface area contributed by atoms with Crippen LogP contribution in [0.2, 0.25) is 0 Å². The Balaban J connectivity index is 3.45. The highest BCUT2D eigenvalue weighted by atomic mass is 16.5. The summed E-state index contributed by atoms with van der Waals surface area (Å²) < 4.78 is 4.81. The Morgan fingerprint density at radius 1 is 1.64 bits per heavy atom. The minimum atomic E-state index is -0.309. The minimum absolute atomic E-state index is 0.309. The van der Waals surface area contributed by atoms with Crippen molar-refractivity contribution in [1.29, 1.82) is 0 Å². The molecule has 0 spiro atoms. The number of carbonyl (C=O) groups excluding carboxylic acids is 1. The van der Waals surface area contributed by atoms with Crippen LogP contribution >= 0.6 is 0 Å².